The normalized spacial score (nSPS) is 15.7. The van der Waals surface area contributed by atoms with E-state index in [1.807, 2.05) is 30.3 Å². The zero-order chi connectivity index (χ0) is 22.3. The number of carbonyl (C=O) groups excluding carboxylic acids is 2. The molecule has 4 rings (SSSR count). The van der Waals surface area contributed by atoms with Gasteiger partial charge in [-0.05, 0) is 36.1 Å². The van der Waals surface area contributed by atoms with Crippen LogP contribution in [0, 0.1) is 5.82 Å². The maximum Gasteiger partial charge on any atom is 0.227 e. The quantitative estimate of drug-likeness (QED) is 0.585. The SMILES string of the molecule is O=C(CCc1nc(C2CCCN2C(=O)Cc2cccc(F)c2)no1)NCc1ccccc1. The first-order valence-corrected chi connectivity index (χ1v) is 10.8. The molecular weight excluding hydrogens is 411 g/mol. The number of rotatable bonds is 8. The number of halogens is 1. The number of hydrogen-bond acceptors (Lipinski definition) is 5. The van der Waals surface area contributed by atoms with Crippen molar-refractivity contribution in [2.24, 2.45) is 0 Å². The van der Waals surface area contributed by atoms with Crippen LogP contribution in [0.15, 0.2) is 59.1 Å². The van der Waals surface area contributed by atoms with Crippen LogP contribution in [0.3, 0.4) is 0 Å². The molecule has 1 N–H and O–H groups in total. The van der Waals surface area contributed by atoms with Gasteiger partial charge in [-0.1, -0.05) is 47.6 Å². The Hall–Kier alpha value is -3.55. The van der Waals surface area contributed by atoms with Crippen molar-refractivity contribution in [3.63, 3.8) is 0 Å². The molecule has 2 amide bonds. The predicted molar refractivity (Wildman–Crippen MR) is 115 cm³/mol. The van der Waals surface area contributed by atoms with Crippen molar-refractivity contribution < 1.29 is 18.5 Å². The Bertz CT molecular complexity index is 1070. The van der Waals surface area contributed by atoms with Crippen molar-refractivity contribution >= 4 is 11.8 Å². The first-order valence-electron chi connectivity index (χ1n) is 10.8. The molecule has 0 radical (unpaired) electrons. The van der Waals surface area contributed by atoms with Gasteiger partial charge in [0.2, 0.25) is 17.7 Å². The highest BCUT2D eigenvalue weighted by Gasteiger charge is 2.33. The zero-order valence-corrected chi connectivity index (χ0v) is 17.7. The summed E-state index contributed by atoms with van der Waals surface area (Å²) < 4.78 is 18.7. The van der Waals surface area contributed by atoms with Crippen molar-refractivity contribution in [2.75, 3.05) is 6.54 Å². The monoisotopic (exact) mass is 436 g/mol. The predicted octanol–water partition coefficient (Wildman–Crippen LogP) is 3.36. The molecule has 2 aromatic carbocycles. The third-order valence-corrected chi connectivity index (χ3v) is 5.50. The van der Waals surface area contributed by atoms with Gasteiger partial charge in [0.15, 0.2) is 5.82 Å². The molecule has 7 nitrogen and oxygen atoms in total. The van der Waals surface area contributed by atoms with E-state index in [-0.39, 0.29) is 36.5 Å². The molecule has 1 fully saturated rings. The van der Waals surface area contributed by atoms with E-state index in [1.165, 1.54) is 12.1 Å². The number of nitrogens with zero attached hydrogens (tertiary/aromatic N) is 3. The lowest BCUT2D eigenvalue weighted by Crippen LogP contribution is -2.32. The molecule has 166 valence electrons. The van der Waals surface area contributed by atoms with Crippen molar-refractivity contribution in [1.82, 2.24) is 20.4 Å². The van der Waals surface area contributed by atoms with Gasteiger partial charge in [-0.2, -0.15) is 4.98 Å². The number of carbonyl (C=O) groups is 2. The third kappa shape index (κ3) is 5.57. The Morgan fingerprint density at radius 1 is 1.12 bits per heavy atom. The van der Waals surface area contributed by atoms with Crippen LogP contribution < -0.4 is 5.32 Å². The van der Waals surface area contributed by atoms with Crippen molar-refractivity contribution in [3.05, 3.63) is 83.3 Å². The molecule has 8 heteroatoms. The second kappa shape index (κ2) is 10.2. The van der Waals surface area contributed by atoms with Crippen molar-refractivity contribution in [2.45, 2.75) is 44.7 Å². The van der Waals surface area contributed by atoms with Crippen LogP contribution in [0.5, 0.6) is 0 Å². The molecule has 1 aliphatic rings. The van der Waals surface area contributed by atoms with Crippen molar-refractivity contribution in [3.8, 4) is 0 Å². The van der Waals surface area contributed by atoms with Crippen LogP contribution >= 0.6 is 0 Å². The average Bonchev–Trinajstić information content (AvgIpc) is 3.46. The van der Waals surface area contributed by atoms with Crippen LogP contribution in [0.4, 0.5) is 4.39 Å². The molecule has 1 unspecified atom stereocenters. The Kier molecular flexibility index (Phi) is 6.89. The highest BCUT2D eigenvalue weighted by molar-refractivity contribution is 5.79. The van der Waals surface area contributed by atoms with Crippen LogP contribution in [0.1, 0.15) is 48.1 Å². The van der Waals surface area contributed by atoms with E-state index in [0.717, 1.165) is 18.4 Å². The summed E-state index contributed by atoms with van der Waals surface area (Å²) in [7, 11) is 0. The maximum atomic E-state index is 13.4. The topological polar surface area (TPSA) is 88.3 Å². The second-order valence-corrected chi connectivity index (χ2v) is 7.86. The van der Waals surface area contributed by atoms with Gasteiger partial charge in [0, 0.05) is 25.9 Å². The fourth-order valence-corrected chi connectivity index (χ4v) is 3.87. The summed E-state index contributed by atoms with van der Waals surface area (Å²) in [5.74, 6) is 0.282. The summed E-state index contributed by atoms with van der Waals surface area (Å²) in [6.45, 7) is 1.07. The summed E-state index contributed by atoms with van der Waals surface area (Å²) in [6.07, 6.45) is 2.27. The molecule has 0 aliphatic carbocycles. The highest BCUT2D eigenvalue weighted by atomic mass is 19.1. The third-order valence-electron chi connectivity index (χ3n) is 5.50. The van der Waals surface area contributed by atoms with Gasteiger partial charge < -0.3 is 14.7 Å². The van der Waals surface area contributed by atoms with E-state index in [0.29, 0.717) is 36.8 Å². The smallest absolute Gasteiger partial charge is 0.227 e. The Balaban J connectivity index is 1.30. The highest BCUT2D eigenvalue weighted by Crippen LogP contribution is 2.30. The van der Waals surface area contributed by atoms with E-state index in [4.69, 9.17) is 4.52 Å². The molecule has 1 atom stereocenters. The summed E-state index contributed by atoms with van der Waals surface area (Å²) in [5, 5.41) is 6.92. The molecule has 0 spiro atoms. The van der Waals surface area contributed by atoms with Crippen LogP contribution in [0.2, 0.25) is 0 Å². The van der Waals surface area contributed by atoms with E-state index >= 15 is 0 Å². The van der Waals surface area contributed by atoms with Crippen LogP contribution in [0.25, 0.3) is 0 Å². The Labute approximate surface area is 185 Å². The van der Waals surface area contributed by atoms with E-state index in [1.54, 1.807) is 17.0 Å². The minimum atomic E-state index is -0.358. The summed E-state index contributed by atoms with van der Waals surface area (Å²) in [4.78, 5) is 31.0. The fraction of sp³-hybridized carbons (Fsp3) is 0.333. The summed E-state index contributed by atoms with van der Waals surface area (Å²) >= 11 is 0. The Morgan fingerprint density at radius 3 is 2.75 bits per heavy atom. The van der Waals surface area contributed by atoms with Crippen molar-refractivity contribution in [1.29, 1.82) is 0 Å². The molecule has 32 heavy (non-hydrogen) atoms. The summed E-state index contributed by atoms with van der Waals surface area (Å²) in [6, 6.07) is 15.5. The van der Waals surface area contributed by atoms with Gasteiger partial charge in [-0.25, -0.2) is 4.39 Å². The van der Waals surface area contributed by atoms with Crippen LogP contribution in [-0.4, -0.2) is 33.4 Å². The molecule has 1 aromatic heterocycles. The second-order valence-electron chi connectivity index (χ2n) is 7.86. The first kappa shape index (κ1) is 21.7. The Morgan fingerprint density at radius 2 is 1.94 bits per heavy atom. The number of hydrogen-bond donors (Lipinski definition) is 1. The standard InChI is InChI=1S/C24H25FN4O3/c25-19-9-4-8-18(14-19)15-23(31)29-13-5-10-20(29)24-27-22(32-28-24)12-11-21(30)26-16-17-6-2-1-3-7-17/h1-4,6-9,14,20H,5,10-13,15-16H2,(H,26,30). The molecule has 1 saturated heterocycles. The van der Waals surface area contributed by atoms with Gasteiger partial charge in [-0.3, -0.25) is 9.59 Å². The molecule has 0 saturated carbocycles. The number of likely N-dealkylation sites (tertiary alicyclic amines) is 1. The van der Waals surface area contributed by atoms with E-state index < -0.39 is 0 Å². The van der Waals surface area contributed by atoms with E-state index in [2.05, 4.69) is 15.5 Å². The van der Waals surface area contributed by atoms with Gasteiger partial charge >= 0.3 is 0 Å². The van der Waals surface area contributed by atoms with Crippen LogP contribution in [-0.2, 0) is 29.0 Å². The number of amides is 2. The molecule has 3 aromatic rings. The number of aromatic nitrogens is 2. The zero-order valence-electron chi connectivity index (χ0n) is 17.7. The minimum absolute atomic E-state index is 0.0928. The lowest BCUT2D eigenvalue weighted by Gasteiger charge is -2.22. The van der Waals surface area contributed by atoms with Gasteiger partial charge in [-0.15, -0.1) is 0 Å². The first-order chi connectivity index (χ1) is 15.6. The minimum Gasteiger partial charge on any atom is -0.352 e. The molecular formula is C24H25FN4O3. The fourth-order valence-electron chi connectivity index (χ4n) is 3.87. The largest absolute Gasteiger partial charge is 0.352 e. The molecule has 2 heterocycles. The number of aryl methyl sites for hydroxylation is 1. The maximum absolute atomic E-state index is 13.4. The average molecular weight is 436 g/mol. The molecule has 1 aliphatic heterocycles. The van der Waals surface area contributed by atoms with Gasteiger partial charge in [0.1, 0.15) is 5.82 Å². The lowest BCUT2D eigenvalue weighted by atomic mass is 10.1. The van der Waals surface area contributed by atoms with Gasteiger partial charge in [0.25, 0.3) is 0 Å². The summed E-state index contributed by atoms with van der Waals surface area (Å²) in [5.41, 5.74) is 1.67. The van der Waals surface area contributed by atoms with Gasteiger partial charge in [0.05, 0.1) is 12.5 Å². The van der Waals surface area contributed by atoms with E-state index in [9.17, 15) is 14.0 Å². The lowest BCUT2D eigenvalue weighted by molar-refractivity contribution is -0.131. The molecule has 0 bridgehead atoms. The number of nitrogens with one attached hydrogen (secondary N) is 1. The number of benzene rings is 2.